The van der Waals surface area contributed by atoms with E-state index in [1.165, 1.54) is 0 Å². The van der Waals surface area contributed by atoms with Crippen LogP contribution < -0.4 is 10.6 Å². The Hall–Kier alpha value is -3.00. The highest BCUT2D eigenvalue weighted by molar-refractivity contribution is 6.31. The van der Waals surface area contributed by atoms with Crippen molar-refractivity contribution in [2.24, 2.45) is 0 Å². The number of anilines is 2. The van der Waals surface area contributed by atoms with Gasteiger partial charge in [-0.25, -0.2) is 4.68 Å². The molecule has 2 heterocycles. The average molecular weight is 449 g/mol. The molecule has 0 aliphatic carbocycles. The number of nitrogens with zero attached hydrogens (tertiary/aromatic N) is 2. The maximum Gasteiger partial charge on any atom is 0.410 e. The number of fused-ring (bicyclic) bond motifs is 1. The number of benzene rings is 2. The zero-order valence-electron chi connectivity index (χ0n) is 16.8. The fraction of sp³-hybridized carbons (Fsp3) is 0.273. The molecule has 1 aliphatic rings. The predicted octanol–water partition coefficient (Wildman–Crippen LogP) is 6.07. The largest absolute Gasteiger partial charge is 0.410 e. The number of hydrogen-bond acceptors (Lipinski definition) is 3. The quantitative estimate of drug-likeness (QED) is 0.511. The van der Waals surface area contributed by atoms with Gasteiger partial charge in [0.25, 0.3) is 5.91 Å². The van der Waals surface area contributed by atoms with Gasteiger partial charge in [0.05, 0.1) is 12.2 Å². The molecule has 2 aromatic carbocycles. The molecule has 0 fully saturated rings. The lowest BCUT2D eigenvalue weighted by Gasteiger charge is -2.34. The highest BCUT2D eigenvalue weighted by Crippen LogP contribution is 2.44. The second-order valence-electron chi connectivity index (χ2n) is 7.67. The van der Waals surface area contributed by atoms with E-state index in [0.29, 0.717) is 16.3 Å². The smallest absolute Gasteiger partial charge is 0.363 e. The summed E-state index contributed by atoms with van der Waals surface area (Å²) < 4.78 is 42.3. The molecule has 1 aromatic heterocycles. The van der Waals surface area contributed by atoms with Crippen molar-refractivity contribution in [2.45, 2.75) is 38.5 Å². The Morgan fingerprint density at radius 1 is 1.19 bits per heavy atom. The van der Waals surface area contributed by atoms with Crippen LogP contribution in [0.15, 0.2) is 48.7 Å². The van der Waals surface area contributed by atoms with Crippen LogP contribution in [0.2, 0.25) is 5.02 Å². The first-order valence-electron chi connectivity index (χ1n) is 9.68. The molecule has 9 heteroatoms. The fourth-order valence-electron chi connectivity index (χ4n) is 3.62. The van der Waals surface area contributed by atoms with Crippen LogP contribution in [-0.4, -0.2) is 21.9 Å². The molecule has 0 spiro atoms. The number of halogens is 4. The van der Waals surface area contributed by atoms with Gasteiger partial charge in [-0.3, -0.25) is 4.79 Å². The summed E-state index contributed by atoms with van der Waals surface area (Å²) in [7, 11) is 0. The summed E-state index contributed by atoms with van der Waals surface area (Å²) in [6.45, 7) is 3.74. The number of carbonyl (C=O) groups excluding carboxylic acids is 1. The number of carbonyl (C=O) groups is 1. The van der Waals surface area contributed by atoms with Crippen LogP contribution >= 0.6 is 11.6 Å². The molecular weight excluding hydrogens is 429 g/mol. The highest BCUT2D eigenvalue weighted by atomic mass is 35.5. The second-order valence-corrected chi connectivity index (χ2v) is 8.08. The highest BCUT2D eigenvalue weighted by Gasteiger charge is 2.47. The first-order chi connectivity index (χ1) is 14.6. The molecule has 2 N–H and O–H groups in total. The Morgan fingerprint density at radius 2 is 1.90 bits per heavy atom. The Morgan fingerprint density at radius 3 is 2.55 bits per heavy atom. The van der Waals surface area contributed by atoms with Crippen LogP contribution in [0.25, 0.3) is 0 Å². The third-order valence-corrected chi connectivity index (χ3v) is 5.80. The van der Waals surface area contributed by atoms with Gasteiger partial charge in [0.2, 0.25) is 0 Å². The molecule has 2 unspecified atom stereocenters. The Bertz CT molecular complexity index is 1120. The van der Waals surface area contributed by atoms with Gasteiger partial charge in [0, 0.05) is 17.1 Å². The van der Waals surface area contributed by atoms with Gasteiger partial charge in [-0.2, -0.15) is 18.3 Å². The van der Waals surface area contributed by atoms with E-state index in [2.05, 4.69) is 15.7 Å². The minimum absolute atomic E-state index is 0.0303. The third-order valence-electron chi connectivity index (χ3n) is 5.39. The number of amides is 1. The molecule has 0 radical (unpaired) electrons. The Labute approximate surface area is 182 Å². The Balaban J connectivity index is 1.68. The Kier molecular flexibility index (Phi) is 5.43. The second kappa shape index (κ2) is 7.92. The van der Waals surface area contributed by atoms with Crippen molar-refractivity contribution in [3.05, 3.63) is 75.9 Å². The van der Waals surface area contributed by atoms with Crippen LogP contribution in [-0.2, 0) is 0 Å². The SMILES string of the molecule is Cc1ccc(C2CC(C(F)(F)F)n3ncc(C(=O)Nc4ccc(C)c(Cl)c4)c3N2)cc1. The summed E-state index contributed by atoms with van der Waals surface area (Å²) in [6, 6.07) is 9.84. The zero-order valence-corrected chi connectivity index (χ0v) is 17.6. The maximum atomic E-state index is 13.8. The summed E-state index contributed by atoms with van der Waals surface area (Å²) in [5.41, 5.74) is 3.04. The van der Waals surface area contributed by atoms with Crippen molar-refractivity contribution in [1.82, 2.24) is 9.78 Å². The normalized spacial score (nSPS) is 18.3. The number of aryl methyl sites for hydroxylation is 2. The van der Waals surface area contributed by atoms with Crippen LogP contribution in [0.1, 0.15) is 45.6 Å². The van der Waals surface area contributed by atoms with E-state index >= 15 is 0 Å². The maximum absolute atomic E-state index is 13.8. The van der Waals surface area contributed by atoms with Crippen molar-refractivity contribution >= 4 is 29.0 Å². The molecule has 0 saturated heterocycles. The fourth-order valence-corrected chi connectivity index (χ4v) is 3.80. The number of rotatable bonds is 3. The van der Waals surface area contributed by atoms with Crippen LogP contribution in [0.3, 0.4) is 0 Å². The average Bonchev–Trinajstić information content (AvgIpc) is 3.14. The standard InChI is InChI=1S/C22H20ClF3N4O/c1-12-3-6-14(7-4-12)18-10-19(22(24,25)26)30-20(29-18)16(11-27-30)21(31)28-15-8-5-13(2)17(23)9-15/h3-9,11,18-19,29H,10H2,1-2H3,(H,28,31). The minimum atomic E-state index is -4.51. The summed E-state index contributed by atoms with van der Waals surface area (Å²) in [5, 5.41) is 10.1. The number of nitrogens with one attached hydrogen (secondary N) is 2. The lowest BCUT2D eigenvalue weighted by atomic mass is 9.96. The van der Waals surface area contributed by atoms with Gasteiger partial charge in [0.15, 0.2) is 6.04 Å². The molecule has 2 atom stereocenters. The van der Waals surface area contributed by atoms with Crippen LogP contribution in [0.5, 0.6) is 0 Å². The topological polar surface area (TPSA) is 59.0 Å². The van der Waals surface area contributed by atoms with E-state index in [4.69, 9.17) is 11.6 Å². The van der Waals surface area contributed by atoms with E-state index < -0.39 is 24.2 Å². The van der Waals surface area contributed by atoms with Gasteiger partial charge in [-0.1, -0.05) is 47.5 Å². The molecule has 162 valence electrons. The first-order valence-corrected chi connectivity index (χ1v) is 10.1. The van der Waals surface area contributed by atoms with Crippen LogP contribution in [0, 0.1) is 13.8 Å². The molecule has 3 aromatic rings. The monoisotopic (exact) mass is 448 g/mol. The van der Waals surface area contributed by atoms with Gasteiger partial charge < -0.3 is 10.6 Å². The van der Waals surface area contributed by atoms with Crippen molar-refractivity contribution < 1.29 is 18.0 Å². The van der Waals surface area contributed by atoms with Crippen molar-refractivity contribution in [1.29, 1.82) is 0 Å². The van der Waals surface area contributed by atoms with Crippen LogP contribution in [0.4, 0.5) is 24.7 Å². The minimum Gasteiger partial charge on any atom is -0.363 e. The number of alkyl halides is 3. The molecule has 0 bridgehead atoms. The van der Waals surface area contributed by atoms with Gasteiger partial charge >= 0.3 is 6.18 Å². The summed E-state index contributed by atoms with van der Waals surface area (Å²) >= 11 is 6.10. The third kappa shape index (κ3) is 4.25. The van der Waals surface area contributed by atoms with Gasteiger partial charge in [0.1, 0.15) is 11.4 Å². The molecule has 1 amide bonds. The molecule has 4 rings (SSSR count). The van der Waals surface area contributed by atoms with E-state index in [-0.39, 0.29) is 17.8 Å². The summed E-state index contributed by atoms with van der Waals surface area (Å²) in [4.78, 5) is 12.9. The van der Waals surface area contributed by atoms with E-state index in [1.807, 2.05) is 26.0 Å². The molecule has 1 aliphatic heterocycles. The zero-order chi connectivity index (χ0) is 22.3. The lowest BCUT2D eigenvalue weighted by Crippen LogP contribution is -2.36. The molecule has 5 nitrogen and oxygen atoms in total. The van der Waals surface area contributed by atoms with E-state index in [0.717, 1.165) is 22.0 Å². The molecule has 31 heavy (non-hydrogen) atoms. The van der Waals surface area contributed by atoms with Gasteiger partial charge in [-0.05, 0) is 37.1 Å². The predicted molar refractivity (Wildman–Crippen MR) is 114 cm³/mol. The molecular formula is C22H20ClF3N4O. The van der Waals surface area contributed by atoms with E-state index in [9.17, 15) is 18.0 Å². The van der Waals surface area contributed by atoms with Gasteiger partial charge in [-0.15, -0.1) is 0 Å². The summed E-state index contributed by atoms with van der Waals surface area (Å²) in [6.07, 6.45) is -3.58. The number of aromatic nitrogens is 2. The van der Waals surface area contributed by atoms with Crippen molar-refractivity contribution in [2.75, 3.05) is 10.6 Å². The first kappa shape index (κ1) is 21.2. The van der Waals surface area contributed by atoms with Crippen molar-refractivity contribution in [3.63, 3.8) is 0 Å². The molecule has 0 saturated carbocycles. The number of hydrogen-bond donors (Lipinski definition) is 2. The van der Waals surface area contributed by atoms with E-state index in [1.54, 1.807) is 30.3 Å². The van der Waals surface area contributed by atoms with Crippen molar-refractivity contribution in [3.8, 4) is 0 Å². The lowest BCUT2D eigenvalue weighted by molar-refractivity contribution is -0.173. The summed E-state index contributed by atoms with van der Waals surface area (Å²) in [5.74, 6) is -0.533.